The predicted molar refractivity (Wildman–Crippen MR) is 106 cm³/mol. The quantitative estimate of drug-likeness (QED) is 0.711. The van der Waals surface area contributed by atoms with E-state index in [4.69, 9.17) is 4.74 Å². The van der Waals surface area contributed by atoms with Gasteiger partial charge in [-0.3, -0.25) is 14.3 Å². The van der Waals surface area contributed by atoms with Gasteiger partial charge in [0.25, 0.3) is 11.8 Å². The molecule has 148 valence electrons. The van der Waals surface area contributed by atoms with Crippen LogP contribution in [0.4, 0.5) is 5.69 Å². The molecule has 2 amide bonds. The van der Waals surface area contributed by atoms with Crippen molar-refractivity contribution in [3.05, 3.63) is 71.5 Å². The fourth-order valence-electron chi connectivity index (χ4n) is 3.30. The zero-order chi connectivity index (χ0) is 20.4. The zero-order valence-electron chi connectivity index (χ0n) is 15.8. The van der Waals surface area contributed by atoms with Gasteiger partial charge in [0.2, 0.25) is 0 Å². The monoisotopic (exact) mass is 392 g/mol. The number of rotatable bonds is 4. The fourth-order valence-corrected chi connectivity index (χ4v) is 3.30. The topological polar surface area (TPSA) is 96.7 Å². The summed E-state index contributed by atoms with van der Waals surface area (Å²) in [6.45, 7) is 1.18. The Labute approximate surface area is 167 Å². The highest BCUT2D eigenvalue weighted by Crippen LogP contribution is 2.31. The van der Waals surface area contributed by atoms with Crippen molar-refractivity contribution >= 4 is 17.5 Å². The van der Waals surface area contributed by atoms with Gasteiger partial charge in [-0.15, -0.1) is 0 Å². The number of nitrogens with one attached hydrogen (secondary N) is 1. The summed E-state index contributed by atoms with van der Waals surface area (Å²) in [7, 11) is 1.44. The first kappa shape index (κ1) is 18.5. The van der Waals surface area contributed by atoms with E-state index in [1.165, 1.54) is 7.11 Å². The molecule has 1 aromatic heterocycles. The number of hydrogen-bond donors (Lipinski definition) is 2. The van der Waals surface area contributed by atoms with Gasteiger partial charge in [0.15, 0.2) is 17.2 Å². The van der Waals surface area contributed by atoms with E-state index >= 15 is 0 Å². The number of ether oxygens (including phenoxy) is 1. The summed E-state index contributed by atoms with van der Waals surface area (Å²) >= 11 is 0. The number of benzene rings is 2. The van der Waals surface area contributed by atoms with Gasteiger partial charge < -0.3 is 20.1 Å². The molecule has 3 aromatic rings. The van der Waals surface area contributed by atoms with Crippen LogP contribution < -0.4 is 10.1 Å². The van der Waals surface area contributed by atoms with Crippen molar-refractivity contribution in [3.8, 4) is 11.5 Å². The van der Waals surface area contributed by atoms with E-state index in [2.05, 4.69) is 10.4 Å². The molecule has 8 heteroatoms. The van der Waals surface area contributed by atoms with Crippen molar-refractivity contribution in [1.29, 1.82) is 0 Å². The summed E-state index contributed by atoms with van der Waals surface area (Å²) in [5.74, 6) is -0.537. The maximum absolute atomic E-state index is 12.9. The maximum atomic E-state index is 12.9. The first-order valence-electron chi connectivity index (χ1n) is 9.15. The summed E-state index contributed by atoms with van der Waals surface area (Å²) in [6.07, 6.45) is 0. The van der Waals surface area contributed by atoms with Gasteiger partial charge in [-0.2, -0.15) is 5.10 Å². The number of fused-ring (bicyclic) bond motifs is 1. The standard InChI is InChI=1S/C21H20N4O4/c1-29-18-9-5-8-16(19(18)26)21(28)24-10-11-25-15(13-24)12-17(23-25)20(27)22-14-6-3-2-4-7-14/h2-9,12,26H,10-11,13H2,1H3,(H,22,27). The van der Waals surface area contributed by atoms with Gasteiger partial charge in [-0.25, -0.2) is 0 Å². The van der Waals surface area contributed by atoms with Crippen LogP contribution in [0, 0.1) is 0 Å². The summed E-state index contributed by atoms with van der Waals surface area (Å²) in [5.41, 5.74) is 1.92. The van der Waals surface area contributed by atoms with Crippen LogP contribution in [-0.4, -0.2) is 45.3 Å². The number of carbonyl (C=O) groups excluding carboxylic acids is 2. The minimum atomic E-state index is -0.304. The molecular weight excluding hydrogens is 372 g/mol. The third-order valence-electron chi connectivity index (χ3n) is 4.80. The van der Waals surface area contributed by atoms with E-state index in [1.807, 2.05) is 18.2 Å². The molecule has 0 saturated carbocycles. The average Bonchev–Trinajstić information content (AvgIpc) is 3.18. The minimum Gasteiger partial charge on any atom is -0.504 e. The van der Waals surface area contributed by atoms with Crippen molar-refractivity contribution in [2.24, 2.45) is 0 Å². The number of aromatic hydroxyl groups is 1. The highest BCUT2D eigenvalue weighted by atomic mass is 16.5. The van der Waals surface area contributed by atoms with Gasteiger partial charge in [-0.1, -0.05) is 24.3 Å². The molecule has 2 heterocycles. The SMILES string of the molecule is COc1cccc(C(=O)N2CCn3nc(C(=O)Nc4ccccc4)cc3C2)c1O. The summed E-state index contributed by atoms with van der Waals surface area (Å²) in [5, 5.41) is 17.4. The van der Waals surface area contributed by atoms with Crippen molar-refractivity contribution in [2.45, 2.75) is 13.1 Å². The van der Waals surface area contributed by atoms with E-state index < -0.39 is 0 Å². The molecule has 29 heavy (non-hydrogen) atoms. The Bertz CT molecular complexity index is 1060. The normalized spacial score (nSPS) is 12.9. The molecule has 2 N–H and O–H groups in total. The summed E-state index contributed by atoms with van der Waals surface area (Å²) in [6, 6.07) is 15.6. The lowest BCUT2D eigenvalue weighted by molar-refractivity contribution is 0.0702. The lowest BCUT2D eigenvalue weighted by Crippen LogP contribution is -2.38. The van der Waals surface area contributed by atoms with Crippen LogP contribution >= 0.6 is 0 Å². The number of nitrogens with zero attached hydrogens (tertiary/aromatic N) is 3. The predicted octanol–water partition coefficient (Wildman–Crippen LogP) is 2.51. The number of phenols is 1. The third-order valence-corrected chi connectivity index (χ3v) is 4.80. The second-order valence-corrected chi connectivity index (χ2v) is 6.65. The first-order valence-corrected chi connectivity index (χ1v) is 9.15. The number of para-hydroxylation sites is 2. The van der Waals surface area contributed by atoms with Crippen LogP contribution in [0.25, 0.3) is 0 Å². The highest BCUT2D eigenvalue weighted by Gasteiger charge is 2.27. The number of amides is 2. The van der Waals surface area contributed by atoms with E-state index in [0.717, 1.165) is 5.69 Å². The second-order valence-electron chi connectivity index (χ2n) is 6.65. The Morgan fingerprint density at radius 3 is 2.66 bits per heavy atom. The molecular formula is C21H20N4O4. The second kappa shape index (κ2) is 7.67. The van der Waals surface area contributed by atoms with Gasteiger partial charge >= 0.3 is 0 Å². The van der Waals surface area contributed by atoms with Crippen molar-refractivity contribution in [2.75, 3.05) is 19.0 Å². The molecule has 0 bridgehead atoms. The van der Waals surface area contributed by atoms with Crippen LogP contribution in [-0.2, 0) is 13.1 Å². The summed E-state index contributed by atoms with van der Waals surface area (Å²) in [4.78, 5) is 27.0. The Morgan fingerprint density at radius 2 is 1.90 bits per heavy atom. The first-order chi connectivity index (χ1) is 14.1. The molecule has 2 aromatic carbocycles. The van der Waals surface area contributed by atoms with E-state index in [0.29, 0.717) is 31.0 Å². The molecule has 8 nitrogen and oxygen atoms in total. The molecule has 0 spiro atoms. The van der Waals surface area contributed by atoms with Gasteiger partial charge in [0.05, 0.1) is 31.5 Å². The lowest BCUT2D eigenvalue weighted by atomic mass is 10.1. The van der Waals surface area contributed by atoms with Gasteiger partial charge in [0.1, 0.15) is 0 Å². The highest BCUT2D eigenvalue weighted by molar-refractivity contribution is 6.03. The largest absolute Gasteiger partial charge is 0.504 e. The number of hydrogen-bond acceptors (Lipinski definition) is 5. The number of methoxy groups -OCH3 is 1. The van der Waals surface area contributed by atoms with E-state index in [9.17, 15) is 14.7 Å². The fraction of sp³-hybridized carbons (Fsp3) is 0.190. The number of anilines is 1. The van der Waals surface area contributed by atoms with Crippen LogP contribution in [0.5, 0.6) is 11.5 Å². The van der Waals surface area contributed by atoms with Crippen LogP contribution in [0.3, 0.4) is 0 Å². The smallest absolute Gasteiger partial charge is 0.276 e. The molecule has 0 fully saturated rings. The molecule has 0 unspecified atom stereocenters. The molecule has 1 aliphatic heterocycles. The Kier molecular flexibility index (Phi) is 4.90. The van der Waals surface area contributed by atoms with E-state index in [1.54, 1.807) is 46.0 Å². The maximum Gasteiger partial charge on any atom is 0.276 e. The van der Waals surface area contributed by atoms with Crippen LogP contribution in [0.15, 0.2) is 54.6 Å². The Balaban J connectivity index is 1.51. The minimum absolute atomic E-state index is 0.179. The van der Waals surface area contributed by atoms with Gasteiger partial charge in [-0.05, 0) is 30.3 Å². The van der Waals surface area contributed by atoms with Gasteiger partial charge in [0, 0.05) is 12.2 Å². The molecule has 0 saturated heterocycles. The average molecular weight is 392 g/mol. The summed E-state index contributed by atoms with van der Waals surface area (Å²) < 4.78 is 6.81. The van der Waals surface area contributed by atoms with Crippen molar-refractivity contribution < 1.29 is 19.4 Å². The van der Waals surface area contributed by atoms with Crippen molar-refractivity contribution in [1.82, 2.24) is 14.7 Å². The Hall–Kier alpha value is -3.81. The van der Waals surface area contributed by atoms with Crippen molar-refractivity contribution in [3.63, 3.8) is 0 Å². The Morgan fingerprint density at radius 1 is 1.10 bits per heavy atom. The molecule has 0 radical (unpaired) electrons. The van der Waals surface area contributed by atoms with Crippen LogP contribution in [0.1, 0.15) is 26.5 Å². The molecule has 0 atom stereocenters. The third kappa shape index (κ3) is 3.64. The number of carbonyl (C=O) groups is 2. The zero-order valence-corrected chi connectivity index (χ0v) is 15.8. The molecule has 4 rings (SSSR count). The van der Waals surface area contributed by atoms with Crippen LogP contribution in [0.2, 0.25) is 0 Å². The number of aromatic nitrogens is 2. The number of phenolic OH excluding ortho intramolecular Hbond substituents is 1. The molecule has 0 aliphatic carbocycles. The molecule has 1 aliphatic rings. The van der Waals surface area contributed by atoms with E-state index in [-0.39, 0.29) is 28.9 Å². The lowest BCUT2D eigenvalue weighted by Gasteiger charge is -2.28.